The maximum absolute atomic E-state index is 13.3. The summed E-state index contributed by atoms with van der Waals surface area (Å²) >= 11 is 6.68. The van der Waals surface area contributed by atoms with Crippen molar-refractivity contribution in [2.24, 2.45) is 0 Å². The smallest absolute Gasteiger partial charge is 0.347 e. The molecule has 6 aromatic rings. The monoisotopic (exact) mass is 669 g/mol. The van der Waals surface area contributed by atoms with Crippen molar-refractivity contribution in [3.63, 3.8) is 0 Å². The molecule has 3 heterocycles. The van der Waals surface area contributed by atoms with Crippen LogP contribution in [-0.2, 0) is 0 Å². The summed E-state index contributed by atoms with van der Waals surface area (Å²) in [6.07, 6.45) is 0. The molecule has 198 valence electrons. The molecule has 0 spiro atoms. The molecular weight excluding hydrogens is 658 g/mol. The van der Waals surface area contributed by atoms with E-state index in [0.717, 1.165) is 4.90 Å². The van der Waals surface area contributed by atoms with Crippen LogP contribution in [0.4, 0.5) is 5.69 Å². The highest BCUT2D eigenvalue weighted by Crippen LogP contribution is 2.35. The third-order valence-electron chi connectivity index (χ3n) is 6.64. The van der Waals surface area contributed by atoms with Gasteiger partial charge in [-0.3, -0.25) is 9.59 Å². The molecule has 0 saturated carbocycles. The lowest BCUT2D eigenvalue weighted by Crippen LogP contribution is -2.29. The fourth-order valence-electron chi connectivity index (χ4n) is 4.75. The van der Waals surface area contributed by atoms with E-state index in [9.17, 15) is 19.2 Å². The predicted molar refractivity (Wildman–Crippen MR) is 158 cm³/mol. The molecular formula is C30H13Br2N3O6. The average Bonchev–Trinajstić information content (AvgIpc) is 3.23. The van der Waals surface area contributed by atoms with E-state index in [1.165, 1.54) is 12.1 Å². The van der Waals surface area contributed by atoms with Crippen LogP contribution in [0.5, 0.6) is 0 Å². The van der Waals surface area contributed by atoms with Gasteiger partial charge >= 0.3 is 11.3 Å². The Bertz CT molecular complexity index is 2090. The van der Waals surface area contributed by atoms with Gasteiger partial charge in [-0.15, -0.1) is 0 Å². The lowest BCUT2D eigenvalue weighted by molar-refractivity contribution is 0.0926. The molecule has 0 fully saturated rings. The van der Waals surface area contributed by atoms with Gasteiger partial charge in [0.25, 0.3) is 11.8 Å². The molecule has 0 unspecified atom stereocenters. The van der Waals surface area contributed by atoms with E-state index >= 15 is 0 Å². The van der Waals surface area contributed by atoms with Crippen molar-refractivity contribution in [3.05, 3.63) is 120 Å². The highest BCUT2D eigenvalue weighted by molar-refractivity contribution is 9.10. The zero-order valence-electron chi connectivity index (χ0n) is 20.6. The fraction of sp³-hybridized carbons (Fsp3) is 0. The van der Waals surface area contributed by atoms with Crippen molar-refractivity contribution >= 4 is 71.2 Å². The minimum Gasteiger partial charge on any atom is -0.403 e. The molecule has 0 aliphatic carbocycles. The van der Waals surface area contributed by atoms with E-state index in [1.54, 1.807) is 66.7 Å². The number of carbonyl (C=O) groups excluding carboxylic acids is 2. The van der Waals surface area contributed by atoms with E-state index in [0.29, 0.717) is 20.0 Å². The quantitative estimate of drug-likeness (QED) is 0.200. The molecule has 1 aliphatic heterocycles. The van der Waals surface area contributed by atoms with Gasteiger partial charge in [0.2, 0.25) is 11.8 Å². The molecule has 0 atom stereocenters. The van der Waals surface area contributed by atoms with Crippen LogP contribution in [0, 0.1) is 0 Å². The number of anilines is 1. The Morgan fingerprint density at radius 1 is 0.585 bits per heavy atom. The molecule has 0 saturated heterocycles. The second-order valence-electron chi connectivity index (χ2n) is 9.20. The van der Waals surface area contributed by atoms with Crippen LogP contribution < -0.4 is 16.2 Å². The maximum Gasteiger partial charge on any atom is 0.347 e. The Labute approximate surface area is 246 Å². The van der Waals surface area contributed by atoms with Gasteiger partial charge < -0.3 is 8.83 Å². The van der Waals surface area contributed by atoms with Gasteiger partial charge in [0.15, 0.2) is 0 Å². The Morgan fingerprint density at radius 2 is 1.05 bits per heavy atom. The lowest BCUT2D eigenvalue weighted by atomic mass is 10.1. The average molecular weight is 671 g/mol. The first-order valence-corrected chi connectivity index (χ1v) is 13.7. The summed E-state index contributed by atoms with van der Waals surface area (Å²) in [6, 6.07) is 21.1. The summed E-state index contributed by atoms with van der Waals surface area (Å²) in [5, 5.41) is 0.543. The fourth-order valence-corrected chi connectivity index (χ4v) is 5.47. The maximum atomic E-state index is 13.3. The number of fused-ring (bicyclic) bond motifs is 3. The number of carbonyl (C=O) groups is 2. The lowest BCUT2D eigenvalue weighted by Gasteiger charge is -2.16. The number of nitrogens with zero attached hydrogens (tertiary/aromatic N) is 3. The number of rotatable bonds is 3. The molecule has 0 N–H and O–H groups in total. The van der Waals surface area contributed by atoms with E-state index < -0.39 is 23.1 Å². The zero-order valence-corrected chi connectivity index (χ0v) is 23.7. The topological polar surface area (TPSA) is 124 Å². The molecule has 7 rings (SSSR count). The summed E-state index contributed by atoms with van der Waals surface area (Å²) in [5.74, 6) is -1.17. The number of aromatic nitrogens is 2. The van der Waals surface area contributed by atoms with Gasteiger partial charge in [-0.05, 0) is 66.7 Å². The van der Waals surface area contributed by atoms with Crippen molar-refractivity contribution < 1.29 is 18.4 Å². The highest BCUT2D eigenvalue weighted by Gasteiger charge is 2.37. The van der Waals surface area contributed by atoms with Gasteiger partial charge in [0.1, 0.15) is 0 Å². The predicted octanol–water partition coefficient (Wildman–Crippen LogP) is 6.35. The molecule has 4 aromatic carbocycles. The summed E-state index contributed by atoms with van der Waals surface area (Å²) in [6.45, 7) is 0. The molecule has 41 heavy (non-hydrogen) atoms. The van der Waals surface area contributed by atoms with Gasteiger partial charge in [-0.2, -0.15) is 0 Å². The Hall–Kier alpha value is -4.74. The van der Waals surface area contributed by atoms with Crippen LogP contribution in [0.2, 0.25) is 0 Å². The summed E-state index contributed by atoms with van der Waals surface area (Å²) in [5.41, 5.74) is 0.704. The molecule has 9 nitrogen and oxygen atoms in total. The van der Waals surface area contributed by atoms with Crippen LogP contribution >= 0.6 is 31.9 Å². The van der Waals surface area contributed by atoms with Crippen molar-refractivity contribution in [2.45, 2.75) is 0 Å². The molecule has 11 heteroatoms. The van der Waals surface area contributed by atoms with E-state index in [1.807, 2.05) is 0 Å². The van der Waals surface area contributed by atoms with Crippen molar-refractivity contribution in [1.29, 1.82) is 0 Å². The van der Waals surface area contributed by atoms with Crippen molar-refractivity contribution in [3.8, 4) is 22.9 Å². The number of benzene rings is 4. The number of amides is 2. The third-order valence-corrected chi connectivity index (χ3v) is 7.63. The minimum atomic E-state index is -0.625. The first-order valence-electron chi connectivity index (χ1n) is 12.1. The summed E-state index contributed by atoms with van der Waals surface area (Å²) in [4.78, 5) is 62.5. The second-order valence-corrected chi connectivity index (χ2v) is 11.0. The summed E-state index contributed by atoms with van der Waals surface area (Å²) in [7, 11) is 0. The number of hydrogen-bond acceptors (Lipinski definition) is 8. The Morgan fingerprint density at radius 3 is 1.51 bits per heavy atom. The Kier molecular flexibility index (Phi) is 5.80. The standard InChI is InChI=1S/C30H13Br2N3O6/c31-16-5-7-23-21(12-16)29(38)40-25(33-23)14-9-15(26-34-24-8-6-17(32)13-22(24)30(39)41-26)11-18(10-14)35-27(36)19-3-1-2-4-20(19)28(35)37/h1-13H. The first kappa shape index (κ1) is 25.2. The molecule has 1 aliphatic rings. The normalized spacial score (nSPS) is 12.9. The van der Waals surface area contributed by atoms with E-state index in [4.69, 9.17) is 8.83 Å². The minimum absolute atomic E-state index is 0.0587. The molecule has 0 bridgehead atoms. The second kappa shape index (κ2) is 9.43. The third kappa shape index (κ3) is 4.21. The molecule has 0 radical (unpaired) electrons. The van der Waals surface area contributed by atoms with Gasteiger partial charge in [-0.25, -0.2) is 24.5 Å². The number of hydrogen-bond donors (Lipinski definition) is 0. The van der Waals surface area contributed by atoms with Gasteiger partial charge in [0, 0.05) is 20.1 Å². The van der Waals surface area contributed by atoms with Gasteiger partial charge in [-0.1, -0.05) is 44.0 Å². The molecule has 2 aromatic heterocycles. The van der Waals surface area contributed by atoms with Crippen LogP contribution in [0.1, 0.15) is 20.7 Å². The Balaban J connectivity index is 1.47. The molecule has 2 amide bonds. The number of halogens is 2. The van der Waals surface area contributed by atoms with Crippen molar-refractivity contribution in [2.75, 3.05) is 4.90 Å². The van der Waals surface area contributed by atoms with Crippen molar-refractivity contribution in [1.82, 2.24) is 9.97 Å². The first-order chi connectivity index (χ1) is 19.8. The van der Waals surface area contributed by atoms with Crippen LogP contribution in [0.15, 0.2) is 106 Å². The zero-order chi connectivity index (χ0) is 28.4. The number of imide groups is 1. The summed E-state index contributed by atoms with van der Waals surface area (Å²) < 4.78 is 12.5. The van der Waals surface area contributed by atoms with E-state index in [-0.39, 0.29) is 50.5 Å². The van der Waals surface area contributed by atoms with E-state index in [2.05, 4.69) is 41.8 Å². The van der Waals surface area contributed by atoms with Crippen LogP contribution in [-0.4, -0.2) is 21.8 Å². The largest absolute Gasteiger partial charge is 0.403 e. The highest BCUT2D eigenvalue weighted by atomic mass is 79.9. The van der Waals surface area contributed by atoms with Gasteiger partial charge in [0.05, 0.1) is 38.6 Å². The van der Waals surface area contributed by atoms with Crippen LogP contribution in [0.3, 0.4) is 0 Å². The SMILES string of the molecule is O=C1c2ccccc2C(=O)N1c1cc(-c2nc3ccc(Br)cc3c(=O)o2)cc(-c2nc3ccc(Br)cc3c(=O)o2)c1. The van der Waals surface area contributed by atoms with Crippen LogP contribution in [0.25, 0.3) is 44.7 Å².